The number of carbonyl (C=O) groups excluding carboxylic acids is 2. The van der Waals surface area contributed by atoms with Crippen LogP contribution in [0.25, 0.3) is 11.4 Å². The topological polar surface area (TPSA) is 82.8 Å². The average Bonchev–Trinajstić information content (AvgIpc) is 3.42. The summed E-state index contributed by atoms with van der Waals surface area (Å²) in [6, 6.07) is 14.8. The molecule has 164 valence electrons. The number of piperidine rings is 1. The van der Waals surface area contributed by atoms with E-state index in [1.54, 1.807) is 12.1 Å². The molecule has 0 bridgehead atoms. The Hall–Kier alpha value is -3.59. The number of hydrogen-bond acceptors (Lipinski definition) is 6. The number of amides is 3. The molecule has 2 fully saturated rings. The fourth-order valence-corrected chi connectivity index (χ4v) is 4.19. The molecule has 0 radical (unpaired) electrons. The predicted octanol–water partition coefficient (Wildman–Crippen LogP) is 3.48. The van der Waals surface area contributed by atoms with Gasteiger partial charge in [0, 0.05) is 17.8 Å². The number of likely N-dealkylation sites (tertiary alicyclic amines) is 1. The van der Waals surface area contributed by atoms with E-state index < -0.39 is 0 Å². The van der Waals surface area contributed by atoms with Crippen molar-refractivity contribution in [2.75, 3.05) is 31.2 Å². The van der Waals surface area contributed by atoms with Crippen LogP contribution in [0, 0.1) is 5.82 Å². The van der Waals surface area contributed by atoms with Gasteiger partial charge in [-0.1, -0.05) is 23.4 Å². The first kappa shape index (κ1) is 20.3. The number of nitrogens with zero attached hydrogens (tertiary/aromatic N) is 5. The van der Waals surface area contributed by atoms with Crippen molar-refractivity contribution in [1.82, 2.24) is 19.9 Å². The summed E-state index contributed by atoms with van der Waals surface area (Å²) in [4.78, 5) is 34.8. The number of hydrogen-bond donors (Lipinski definition) is 0. The maximum absolute atomic E-state index is 13.2. The Morgan fingerprint density at radius 3 is 2.62 bits per heavy atom. The number of anilines is 1. The van der Waals surface area contributed by atoms with Gasteiger partial charge in [-0.2, -0.15) is 4.98 Å². The summed E-state index contributed by atoms with van der Waals surface area (Å²) in [6.07, 6.45) is 1.76. The number of benzene rings is 2. The summed E-state index contributed by atoms with van der Waals surface area (Å²) < 4.78 is 18.6. The van der Waals surface area contributed by atoms with Gasteiger partial charge in [-0.3, -0.25) is 14.6 Å². The molecule has 3 heterocycles. The lowest BCUT2D eigenvalue weighted by Gasteiger charge is -2.33. The number of para-hydroxylation sites is 1. The van der Waals surface area contributed by atoms with Crippen molar-refractivity contribution in [3.63, 3.8) is 0 Å². The zero-order valence-electron chi connectivity index (χ0n) is 17.4. The summed E-state index contributed by atoms with van der Waals surface area (Å²) in [5.41, 5.74) is 1.40. The number of rotatable bonds is 5. The van der Waals surface area contributed by atoms with E-state index in [9.17, 15) is 14.0 Å². The fourth-order valence-electron chi connectivity index (χ4n) is 4.19. The van der Waals surface area contributed by atoms with Gasteiger partial charge >= 0.3 is 6.03 Å². The molecule has 5 rings (SSSR count). The lowest BCUT2D eigenvalue weighted by Crippen LogP contribution is -2.45. The summed E-state index contributed by atoms with van der Waals surface area (Å²) in [5, 5.41) is 4.03. The van der Waals surface area contributed by atoms with Crippen molar-refractivity contribution < 1.29 is 18.5 Å². The van der Waals surface area contributed by atoms with Crippen molar-refractivity contribution in [2.24, 2.45) is 0 Å². The van der Waals surface area contributed by atoms with Crippen molar-refractivity contribution in [2.45, 2.75) is 18.8 Å². The van der Waals surface area contributed by atoms with E-state index in [2.05, 4.69) is 15.0 Å². The molecule has 1 unspecified atom stereocenters. The minimum absolute atomic E-state index is 0.00322. The minimum Gasteiger partial charge on any atom is -0.339 e. The largest absolute Gasteiger partial charge is 0.339 e. The molecule has 2 aromatic carbocycles. The number of aromatic nitrogens is 2. The van der Waals surface area contributed by atoms with Crippen LogP contribution in [0.2, 0.25) is 0 Å². The number of halogens is 1. The second-order valence-electron chi connectivity index (χ2n) is 8.05. The van der Waals surface area contributed by atoms with E-state index >= 15 is 0 Å². The highest BCUT2D eigenvalue weighted by Gasteiger charge is 2.38. The van der Waals surface area contributed by atoms with E-state index in [0.29, 0.717) is 29.5 Å². The third kappa shape index (κ3) is 3.99. The van der Waals surface area contributed by atoms with Crippen molar-refractivity contribution in [1.29, 1.82) is 0 Å². The Morgan fingerprint density at radius 2 is 1.84 bits per heavy atom. The summed E-state index contributed by atoms with van der Waals surface area (Å²) in [7, 11) is 0. The van der Waals surface area contributed by atoms with E-state index in [4.69, 9.17) is 4.52 Å². The monoisotopic (exact) mass is 435 g/mol. The molecule has 2 aliphatic rings. The predicted molar refractivity (Wildman–Crippen MR) is 114 cm³/mol. The van der Waals surface area contributed by atoms with Crippen LogP contribution < -0.4 is 4.90 Å². The summed E-state index contributed by atoms with van der Waals surface area (Å²) in [5.74, 6) is 0.401. The van der Waals surface area contributed by atoms with Crippen LogP contribution in [-0.4, -0.2) is 58.2 Å². The molecule has 3 amide bonds. The Balaban J connectivity index is 1.25. The van der Waals surface area contributed by atoms with Gasteiger partial charge in [0.2, 0.25) is 11.7 Å². The first-order chi connectivity index (χ1) is 15.6. The number of urea groups is 1. The van der Waals surface area contributed by atoms with Gasteiger partial charge in [0.1, 0.15) is 12.4 Å². The SMILES string of the molecule is O=C1CN(c2ccccc2)C(=O)N1CN1CCCC(c2nc(-c3ccc(F)cc3)no2)C1. The van der Waals surface area contributed by atoms with Crippen LogP contribution >= 0.6 is 0 Å². The van der Waals surface area contributed by atoms with Crippen LogP contribution in [0.15, 0.2) is 59.1 Å². The molecule has 3 aromatic rings. The molecule has 2 saturated heterocycles. The zero-order chi connectivity index (χ0) is 22.1. The van der Waals surface area contributed by atoms with E-state index in [1.165, 1.54) is 21.9 Å². The van der Waals surface area contributed by atoms with Crippen LogP contribution in [0.3, 0.4) is 0 Å². The summed E-state index contributed by atoms with van der Waals surface area (Å²) >= 11 is 0. The standard InChI is InChI=1S/C23H22FN5O3/c24-18-10-8-16(9-11-18)21-25-22(32-26-21)17-5-4-12-27(13-17)15-29-20(30)14-28(23(29)31)19-6-2-1-3-7-19/h1-3,6-11,17H,4-5,12-15H2. The average molecular weight is 435 g/mol. The minimum atomic E-state index is -0.322. The molecule has 0 spiro atoms. The van der Waals surface area contributed by atoms with Gasteiger partial charge in [-0.05, 0) is 55.8 Å². The summed E-state index contributed by atoms with van der Waals surface area (Å²) in [6.45, 7) is 1.66. The molecule has 0 aliphatic carbocycles. The highest BCUT2D eigenvalue weighted by molar-refractivity contribution is 6.12. The molecule has 0 saturated carbocycles. The van der Waals surface area contributed by atoms with Gasteiger partial charge in [0.25, 0.3) is 5.91 Å². The quantitative estimate of drug-likeness (QED) is 0.571. The van der Waals surface area contributed by atoms with Gasteiger partial charge < -0.3 is 4.52 Å². The molecule has 1 aromatic heterocycles. The van der Waals surface area contributed by atoms with Crippen LogP contribution in [0.1, 0.15) is 24.7 Å². The molecule has 8 nitrogen and oxygen atoms in total. The first-order valence-corrected chi connectivity index (χ1v) is 10.6. The molecule has 32 heavy (non-hydrogen) atoms. The van der Waals surface area contributed by atoms with Crippen molar-refractivity contribution >= 4 is 17.6 Å². The second kappa shape index (κ2) is 8.51. The third-order valence-electron chi connectivity index (χ3n) is 5.86. The normalized spacial score (nSPS) is 19.7. The Morgan fingerprint density at radius 1 is 1.06 bits per heavy atom. The molecule has 1 atom stereocenters. The maximum Gasteiger partial charge on any atom is 0.332 e. The molecule has 0 N–H and O–H groups in total. The Labute approximate surface area is 184 Å². The third-order valence-corrected chi connectivity index (χ3v) is 5.86. The van der Waals surface area contributed by atoms with Gasteiger partial charge in [0.05, 0.1) is 12.6 Å². The van der Waals surface area contributed by atoms with E-state index in [-0.39, 0.29) is 36.9 Å². The van der Waals surface area contributed by atoms with Crippen molar-refractivity contribution in [3.8, 4) is 11.4 Å². The van der Waals surface area contributed by atoms with Gasteiger partial charge in [-0.15, -0.1) is 0 Å². The van der Waals surface area contributed by atoms with Gasteiger partial charge in [0.15, 0.2) is 0 Å². The van der Waals surface area contributed by atoms with Crippen LogP contribution in [0.5, 0.6) is 0 Å². The molecule has 9 heteroatoms. The van der Waals surface area contributed by atoms with Crippen LogP contribution in [0.4, 0.5) is 14.9 Å². The fraction of sp³-hybridized carbons (Fsp3) is 0.304. The zero-order valence-corrected chi connectivity index (χ0v) is 17.4. The number of imide groups is 1. The highest BCUT2D eigenvalue weighted by atomic mass is 19.1. The maximum atomic E-state index is 13.2. The highest BCUT2D eigenvalue weighted by Crippen LogP contribution is 2.29. The lowest BCUT2D eigenvalue weighted by atomic mass is 9.98. The van der Waals surface area contributed by atoms with E-state index in [1.807, 2.05) is 30.3 Å². The second-order valence-corrected chi connectivity index (χ2v) is 8.05. The molecule has 2 aliphatic heterocycles. The Kier molecular flexibility index (Phi) is 5.40. The van der Waals surface area contributed by atoms with Crippen molar-refractivity contribution in [3.05, 3.63) is 66.3 Å². The lowest BCUT2D eigenvalue weighted by molar-refractivity contribution is -0.126. The van der Waals surface area contributed by atoms with Gasteiger partial charge in [-0.25, -0.2) is 14.1 Å². The van der Waals surface area contributed by atoms with E-state index in [0.717, 1.165) is 19.4 Å². The molecular formula is C23H22FN5O3. The smallest absolute Gasteiger partial charge is 0.332 e. The first-order valence-electron chi connectivity index (χ1n) is 10.6. The van der Waals surface area contributed by atoms with Crippen LogP contribution in [-0.2, 0) is 4.79 Å². The Bertz CT molecular complexity index is 1120. The number of carbonyl (C=O) groups is 2. The molecular weight excluding hydrogens is 413 g/mol.